The topological polar surface area (TPSA) is 74.8 Å². The van der Waals surface area contributed by atoms with E-state index in [1.54, 1.807) is 0 Å². The van der Waals surface area contributed by atoms with Gasteiger partial charge in [-0.05, 0) is 88.4 Å². The van der Waals surface area contributed by atoms with Gasteiger partial charge in [0.25, 0.3) is 23.6 Å². The molecule has 0 atom stereocenters. The first-order chi connectivity index (χ1) is 26.2. The van der Waals surface area contributed by atoms with E-state index in [9.17, 15) is 19.2 Å². The van der Waals surface area contributed by atoms with Crippen molar-refractivity contribution in [3.63, 3.8) is 0 Å². The molecule has 6 nitrogen and oxygen atoms in total. The van der Waals surface area contributed by atoms with Crippen molar-refractivity contribution in [2.75, 3.05) is 0 Å². The molecule has 0 aromatic heterocycles. The zero-order chi connectivity index (χ0) is 37.4. The number of imide groups is 2. The fourth-order valence-corrected chi connectivity index (χ4v) is 9.79. The van der Waals surface area contributed by atoms with Gasteiger partial charge in [0, 0.05) is 58.1 Å². The lowest BCUT2D eigenvalue weighted by molar-refractivity contribution is 0.0583. The first-order valence-corrected chi connectivity index (χ1v) is 20.3. The normalized spacial score (nSPS) is 14.2. The maximum atomic E-state index is 14.2. The number of fused-ring (bicyclic) bond motifs is 2. The number of nitrogens with zero attached hydrogens (tertiary/aromatic N) is 2. The van der Waals surface area contributed by atoms with E-state index in [4.69, 9.17) is 0 Å². The van der Waals surface area contributed by atoms with Crippen LogP contribution in [0.5, 0.6) is 0 Å². The number of benzene rings is 7. The van der Waals surface area contributed by atoms with E-state index in [0.717, 1.165) is 82.0 Å². The highest BCUT2D eigenvalue weighted by molar-refractivity contribution is 9.11. The van der Waals surface area contributed by atoms with E-state index < -0.39 is 0 Å². The van der Waals surface area contributed by atoms with Crippen molar-refractivity contribution < 1.29 is 19.2 Å². The zero-order valence-electron chi connectivity index (χ0n) is 30.0. The van der Waals surface area contributed by atoms with Crippen LogP contribution in [0.2, 0.25) is 0 Å². The van der Waals surface area contributed by atoms with Crippen LogP contribution in [0.3, 0.4) is 0 Å². The summed E-state index contributed by atoms with van der Waals surface area (Å²) in [5.41, 5.74) is 6.14. The standard InChI is InChI=1S/C46H36Br2N2O4/c1-3-5-7-25-9-13-27(14-10-25)23-49-43(51)31-19-17-29-37-30(18-20-32(38(31)37)44(49)52)41-36(48)22-34-39-33(21-35(47)40(29)42(39)41)45(53)50(46(34)54)24-28-15-11-26(12-16-28)8-6-4-2/h9-22H,3-8,23-24H2,1-2H3. The van der Waals surface area contributed by atoms with Crippen molar-refractivity contribution in [1.29, 1.82) is 0 Å². The van der Waals surface area contributed by atoms with Gasteiger partial charge in [-0.2, -0.15) is 0 Å². The molecule has 54 heavy (non-hydrogen) atoms. The second-order valence-corrected chi connectivity index (χ2v) is 16.3. The maximum absolute atomic E-state index is 14.2. The van der Waals surface area contributed by atoms with Gasteiger partial charge in [0.2, 0.25) is 0 Å². The van der Waals surface area contributed by atoms with Crippen molar-refractivity contribution in [3.8, 4) is 0 Å². The highest BCUT2D eigenvalue weighted by atomic mass is 79.9. The van der Waals surface area contributed by atoms with Crippen molar-refractivity contribution in [2.45, 2.75) is 65.5 Å². The highest BCUT2D eigenvalue weighted by Crippen LogP contribution is 2.50. The van der Waals surface area contributed by atoms with Gasteiger partial charge in [-0.15, -0.1) is 0 Å². The first kappa shape index (κ1) is 34.8. The second kappa shape index (κ2) is 13.4. The zero-order valence-corrected chi connectivity index (χ0v) is 33.2. The molecule has 9 rings (SSSR count). The average Bonchev–Trinajstić information content (AvgIpc) is 3.18. The molecule has 7 aromatic carbocycles. The van der Waals surface area contributed by atoms with E-state index in [0.29, 0.717) is 42.0 Å². The third kappa shape index (κ3) is 5.32. The van der Waals surface area contributed by atoms with Gasteiger partial charge in [0.1, 0.15) is 0 Å². The van der Waals surface area contributed by atoms with Crippen LogP contribution in [0.25, 0.3) is 43.1 Å². The number of carbonyl (C=O) groups excluding carboxylic acids is 4. The van der Waals surface area contributed by atoms with Crippen LogP contribution in [-0.2, 0) is 25.9 Å². The summed E-state index contributed by atoms with van der Waals surface area (Å²) in [4.78, 5) is 59.5. The molecule has 2 aliphatic heterocycles. The largest absolute Gasteiger partial charge is 0.270 e. The van der Waals surface area contributed by atoms with Gasteiger partial charge < -0.3 is 0 Å². The van der Waals surface area contributed by atoms with Gasteiger partial charge in [-0.25, -0.2) is 0 Å². The van der Waals surface area contributed by atoms with Crippen molar-refractivity contribution in [3.05, 3.63) is 138 Å². The summed E-state index contributed by atoms with van der Waals surface area (Å²) >= 11 is 7.66. The van der Waals surface area contributed by atoms with Crippen molar-refractivity contribution in [1.82, 2.24) is 9.80 Å². The Morgan fingerprint density at radius 3 is 1.20 bits per heavy atom. The van der Waals surface area contributed by atoms with Crippen LogP contribution in [0.15, 0.2) is 93.9 Å². The quantitative estimate of drug-likeness (QED) is 0.0781. The Labute approximate surface area is 329 Å². The summed E-state index contributed by atoms with van der Waals surface area (Å²) < 4.78 is 1.39. The van der Waals surface area contributed by atoms with Crippen LogP contribution in [-0.4, -0.2) is 33.4 Å². The predicted octanol–water partition coefficient (Wildman–Crippen LogP) is 11.5. The number of halogens is 2. The highest BCUT2D eigenvalue weighted by Gasteiger charge is 2.38. The Kier molecular flexibility index (Phi) is 8.66. The number of rotatable bonds is 10. The Morgan fingerprint density at radius 2 is 0.796 bits per heavy atom. The van der Waals surface area contributed by atoms with Crippen LogP contribution in [0.1, 0.15) is 103 Å². The molecular formula is C46H36Br2N2O4. The molecule has 0 unspecified atom stereocenters. The van der Waals surface area contributed by atoms with Gasteiger partial charge in [0.15, 0.2) is 0 Å². The van der Waals surface area contributed by atoms with Crippen LogP contribution >= 0.6 is 31.9 Å². The summed E-state index contributed by atoms with van der Waals surface area (Å²) in [5, 5.41) is 6.16. The molecule has 7 aromatic rings. The number of hydrogen-bond acceptors (Lipinski definition) is 4. The van der Waals surface area contributed by atoms with E-state index in [-0.39, 0.29) is 36.7 Å². The molecule has 4 amide bonds. The lowest BCUT2D eigenvalue weighted by Gasteiger charge is -2.31. The molecule has 8 heteroatoms. The number of carbonyl (C=O) groups is 4. The molecule has 0 N–H and O–H groups in total. The predicted molar refractivity (Wildman–Crippen MR) is 222 cm³/mol. The third-order valence-corrected chi connectivity index (χ3v) is 12.5. The molecule has 0 saturated heterocycles. The minimum Gasteiger partial charge on any atom is -0.270 e. The molecule has 0 bridgehead atoms. The van der Waals surface area contributed by atoms with E-state index >= 15 is 0 Å². The summed E-state index contributed by atoms with van der Waals surface area (Å²) in [6.07, 6.45) is 6.47. The average molecular weight is 841 g/mol. The SMILES string of the molecule is CCCCc1ccc(CN2C(=O)c3ccc4c5c(Br)cc6c7c(cc(Br)c(c8ccc(c3c48)C2=O)c75)C(=O)N(Cc2ccc(CCCC)cc2)C6=O)cc1. The Balaban J connectivity index is 1.16. The number of aryl methyl sites for hydroxylation is 2. The fourth-order valence-electron chi connectivity index (χ4n) is 8.51. The molecule has 268 valence electrons. The Morgan fingerprint density at radius 1 is 0.426 bits per heavy atom. The number of amides is 4. The molecule has 0 fully saturated rings. The molecule has 2 heterocycles. The minimum absolute atomic E-state index is 0.169. The summed E-state index contributed by atoms with van der Waals surface area (Å²) in [6, 6.07) is 27.5. The van der Waals surface area contributed by atoms with E-state index in [1.165, 1.54) is 20.9 Å². The number of hydrogen-bond donors (Lipinski definition) is 0. The van der Waals surface area contributed by atoms with Crippen molar-refractivity contribution >= 4 is 98.6 Å². The monoisotopic (exact) mass is 838 g/mol. The van der Waals surface area contributed by atoms with Crippen LogP contribution in [0, 0.1) is 0 Å². The second-order valence-electron chi connectivity index (χ2n) is 14.6. The molecular weight excluding hydrogens is 804 g/mol. The molecule has 0 aliphatic carbocycles. The lowest BCUT2D eigenvalue weighted by Crippen LogP contribution is -2.40. The van der Waals surface area contributed by atoms with Gasteiger partial charge >= 0.3 is 0 Å². The molecule has 0 radical (unpaired) electrons. The third-order valence-electron chi connectivity index (χ3n) is 11.3. The lowest BCUT2D eigenvalue weighted by atomic mass is 9.82. The summed E-state index contributed by atoms with van der Waals surface area (Å²) in [6.45, 7) is 4.70. The summed E-state index contributed by atoms with van der Waals surface area (Å²) in [7, 11) is 0. The molecule has 0 saturated carbocycles. The van der Waals surface area contributed by atoms with E-state index in [2.05, 4.69) is 70.0 Å². The van der Waals surface area contributed by atoms with Crippen LogP contribution in [0.4, 0.5) is 0 Å². The van der Waals surface area contributed by atoms with Gasteiger partial charge in [0.05, 0.1) is 13.1 Å². The smallest absolute Gasteiger partial charge is 0.261 e. The first-order valence-electron chi connectivity index (χ1n) is 18.7. The Bertz CT molecular complexity index is 2610. The van der Waals surface area contributed by atoms with E-state index in [1.807, 2.05) is 60.7 Å². The summed E-state index contributed by atoms with van der Waals surface area (Å²) in [5.74, 6) is -1.34. The van der Waals surface area contributed by atoms with Crippen molar-refractivity contribution in [2.24, 2.45) is 0 Å². The van der Waals surface area contributed by atoms with Gasteiger partial charge in [-0.1, -0.05) is 119 Å². The maximum Gasteiger partial charge on any atom is 0.261 e. The molecule has 2 aliphatic rings. The van der Waals surface area contributed by atoms with Gasteiger partial charge in [-0.3, -0.25) is 29.0 Å². The number of unbranched alkanes of at least 4 members (excludes halogenated alkanes) is 2. The minimum atomic E-state index is -0.342. The fraction of sp³-hybridized carbons (Fsp3) is 0.217. The Hall–Kier alpha value is -4.92. The van der Waals surface area contributed by atoms with Crippen LogP contribution < -0.4 is 0 Å². The molecule has 0 spiro atoms.